The van der Waals surface area contributed by atoms with E-state index in [4.69, 9.17) is 21.0 Å². The molecule has 0 aromatic rings. The van der Waals surface area contributed by atoms with Gasteiger partial charge in [0, 0.05) is 0 Å². The second-order valence-corrected chi connectivity index (χ2v) is 0.0816. The average Bonchev–Trinajstić information content (AvgIpc) is 1.46. The third-order valence-electron chi connectivity index (χ3n) is 0. The molecule has 0 saturated carbocycles. The molecule has 0 aromatic heterocycles. The molecule has 0 aliphatic rings. The van der Waals surface area contributed by atoms with Crippen molar-refractivity contribution in [1.82, 2.24) is 0 Å². The van der Waals surface area contributed by atoms with Gasteiger partial charge in [-0.2, -0.15) is 0 Å². The third kappa shape index (κ3) is 1010. The van der Waals surface area contributed by atoms with Crippen LogP contribution >= 0.6 is 0 Å². The Bertz CT molecular complexity index is 0. The monoisotopic (exact) mass is 120 g/mol. The molecule has 0 aliphatic carbocycles. The molecule has 0 saturated heterocycles. The maximum absolute atomic E-state index is 6.62. The van der Waals surface area contributed by atoms with Crippen molar-refractivity contribution in [1.29, 1.82) is 0 Å². The van der Waals surface area contributed by atoms with Crippen molar-refractivity contribution in [2.45, 2.75) is 0 Å². The van der Waals surface area contributed by atoms with E-state index >= 15 is 0 Å². The van der Waals surface area contributed by atoms with Crippen LogP contribution in [0, 0.1) is 0 Å². The highest BCUT2D eigenvalue weighted by Crippen LogP contribution is 1.24. The smallest absolute Gasteiger partial charge is 0.0737 e. The summed E-state index contributed by atoms with van der Waals surface area (Å²) in [5.41, 5.74) is 0. The second kappa shape index (κ2) is 246. The van der Waals surface area contributed by atoms with Crippen LogP contribution < -0.4 is 0 Å². The lowest BCUT2D eigenvalue weighted by Crippen LogP contribution is -1.60. The zero-order valence-electron chi connectivity index (χ0n) is 3.20. The topological polar surface area (TPSA) is 153 Å². The van der Waals surface area contributed by atoms with Gasteiger partial charge in [0.05, 0.1) is 0 Å². The van der Waals surface area contributed by atoms with Crippen molar-refractivity contribution >= 4 is 0 Å². The molecule has 0 unspecified atom stereocenters. The Morgan fingerprint density at radius 1 is 0.857 bits per heavy atom. The quantitative estimate of drug-likeness (QED) is 0.222. The Kier molecular flexibility index (Phi) is 1040. The molecule has 0 fully saturated rings. The van der Waals surface area contributed by atoms with E-state index in [0.29, 0.717) is 0 Å². The molecule has 0 heterocycles. The summed E-state index contributed by atoms with van der Waals surface area (Å²) in [6.07, 6.45) is 0. The lowest BCUT2D eigenvalue weighted by molar-refractivity contribution is -0.465. The van der Waals surface area contributed by atoms with Crippen LogP contribution in [-0.4, -0.2) is 32.0 Å². The maximum atomic E-state index is 6.62. The summed E-state index contributed by atoms with van der Waals surface area (Å²) < 4.78 is 0. The Morgan fingerprint density at radius 3 is 0.857 bits per heavy atom. The summed E-state index contributed by atoms with van der Waals surface area (Å²) in [6.45, 7) is 0. The summed E-state index contributed by atoms with van der Waals surface area (Å²) in [4.78, 5) is 0. The molecule has 0 rings (SSSR count). The van der Waals surface area contributed by atoms with Gasteiger partial charge in [-0.1, -0.05) is 5.04 Å². The van der Waals surface area contributed by atoms with E-state index in [1.54, 1.807) is 0 Å². The first kappa shape index (κ1) is 29.7. The SMILES string of the molecule is O.O.OO.OOO. The maximum Gasteiger partial charge on any atom is -0.0737 e. The first-order valence-electron chi connectivity index (χ1n) is 0.565. The first-order chi connectivity index (χ1) is 2.41. The summed E-state index contributed by atoms with van der Waals surface area (Å²) >= 11 is 0. The molecule has 0 amide bonds. The molecule has 0 bridgehead atoms. The van der Waals surface area contributed by atoms with Gasteiger partial charge in [0.1, 0.15) is 0 Å². The zero-order chi connectivity index (χ0) is 4.71. The Morgan fingerprint density at radius 2 is 0.857 bits per heavy atom. The standard InChI is InChI=1S/H2O3.H2O2.2H2O/c1-3-2;1-2;;/h1-2H;1-2H;2*1H2. The molecule has 0 atom stereocenters. The molecule has 50 valence electrons. The Balaban J connectivity index is -0.0000000105. The van der Waals surface area contributed by atoms with Gasteiger partial charge in [0.15, 0.2) is 0 Å². The third-order valence-corrected chi connectivity index (χ3v) is 0. The van der Waals surface area contributed by atoms with Gasteiger partial charge in [0.25, 0.3) is 0 Å². The normalized spacial score (nSPS) is 3.43. The van der Waals surface area contributed by atoms with Gasteiger partial charge in [-0.25, -0.2) is 10.5 Å². The highest BCUT2D eigenvalue weighted by Gasteiger charge is 1.27. The van der Waals surface area contributed by atoms with E-state index < -0.39 is 0 Å². The minimum absolute atomic E-state index is 0. The lowest BCUT2D eigenvalue weighted by Gasteiger charge is -1.56. The minimum atomic E-state index is 0. The lowest BCUT2D eigenvalue weighted by atomic mass is 14.6. The van der Waals surface area contributed by atoms with Crippen molar-refractivity contribution in [3.8, 4) is 0 Å². The van der Waals surface area contributed by atoms with E-state index in [0.717, 1.165) is 0 Å². The molecular formula is H8O7. The molecule has 8 N–H and O–H groups in total. The molecule has 0 aromatic carbocycles. The van der Waals surface area contributed by atoms with Gasteiger partial charge in [-0.15, -0.1) is 0 Å². The highest BCUT2D eigenvalue weighted by atomic mass is 17.4. The summed E-state index contributed by atoms with van der Waals surface area (Å²) in [6, 6.07) is 0. The van der Waals surface area contributed by atoms with Gasteiger partial charge >= 0.3 is 0 Å². The molecule has 7 nitrogen and oxygen atoms in total. The van der Waals surface area contributed by atoms with Crippen LogP contribution in [0.15, 0.2) is 0 Å². The van der Waals surface area contributed by atoms with Crippen molar-refractivity contribution in [3.05, 3.63) is 0 Å². The number of hydrogen-bond donors (Lipinski definition) is 4. The molecule has 0 radical (unpaired) electrons. The van der Waals surface area contributed by atoms with Crippen LogP contribution in [0.25, 0.3) is 0 Å². The van der Waals surface area contributed by atoms with Gasteiger partial charge in [-0.3, -0.25) is 10.5 Å². The first-order valence-corrected chi connectivity index (χ1v) is 0.565. The van der Waals surface area contributed by atoms with Crippen molar-refractivity contribution in [3.63, 3.8) is 0 Å². The summed E-state index contributed by atoms with van der Waals surface area (Å²) in [5.74, 6) is 0. The average molecular weight is 120 g/mol. The van der Waals surface area contributed by atoms with Crippen LogP contribution in [0.3, 0.4) is 0 Å². The second-order valence-electron chi connectivity index (χ2n) is 0.0816. The van der Waals surface area contributed by atoms with Gasteiger partial charge in [-0.05, 0) is 0 Å². The van der Waals surface area contributed by atoms with Crippen LogP contribution in [-0.2, 0) is 5.04 Å². The fourth-order valence-corrected chi connectivity index (χ4v) is 0. The van der Waals surface area contributed by atoms with E-state index in [1.165, 1.54) is 0 Å². The molecule has 0 spiro atoms. The summed E-state index contributed by atoms with van der Waals surface area (Å²) in [5, 5.41) is 27.5. The van der Waals surface area contributed by atoms with Gasteiger partial charge < -0.3 is 11.0 Å². The fourth-order valence-electron chi connectivity index (χ4n) is 0. The Hall–Kier alpha value is -0.280. The fraction of sp³-hybridized carbons (Fsp3) is 0. The Labute approximate surface area is 38.4 Å². The van der Waals surface area contributed by atoms with Gasteiger partial charge in [0.2, 0.25) is 0 Å². The molecule has 0 aliphatic heterocycles. The van der Waals surface area contributed by atoms with Crippen molar-refractivity contribution in [2.24, 2.45) is 0 Å². The predicted molar refractivity (Wildman–Crippen MR) is 18.8 cm³/mol. The van der Waals surface area contributed by atoms with Crippen LogP contribution in [0.5, 0.6) is 0 Å². The van der Waals surface area contributed by atoms with Crippen molar-refractivity contribution in [2.75, 3.05) is 0 Å². The van der Waals surface area contributed by atoms with Crippen LogP contribution in [0.1, 0.15) is 0 Å². The van der Waals surface area contributed by atoms with Crippen LogP contribution in [0.2, 0.25) is 0 Å². The molecule has 7 heteroatoms. The van der Waals surface area contributed by atoms with E-state index in [2.05, 4.69) is 5.04 Å². The van der Waals surface area contributed by atoms with Crippen molar-refractivity contribution < 1.29 is 37.0 Å². The number of rotatable bonds is 0. The molecule has 7 heavy (non-hydrogen) atoms. The van der Waals surface area contributed by atoms with E-state index in [1.807, 2.05) is 0 Å². The van der Waals surface area contributed by atoms with E-state index in [9.17, 15) is 0 Å². The highest BCUT2D eigenvalue weighted by molar-refractivity contribution is 2.38. The van der Waals surface area contributed by atoms with Crippen LogP contribution in [0.4, 0.5) is 0 Å². The largest absolute Gasteiger partial charge is 0.412 e. The molecular weight excluding hydrogens is 112 g/mol. The predicted octanol–water partition coefficient (Wildman–Crippen LogP) is -1.68. The minimum Gasteiger partial charge on any atom is -0.412 e. The number of hydrogen-bond acceptors (Lipinski definition) is 5. The zero-order valence-corrected chi connectivity index (χ0v) is 3.20. The van der Waals surface area contributed by atoms with E-state index in [-0.39, 0.29) is 11.0 Å². The summed E-state index contributed by atoms with van der Waals surface area (Å²) in [7, 11) is 0.